The molecule has 1 atom stereocenters. The number of aliphatic hydroxyl groups excluding tert-OH is 1. The van der Waals surface area contributed by atoms with Crippen LogP contribution >= 0.6 is 15.9 Å². The standard InChI is InChI=1S/C14H17BrN2O/c1-10-3-4-11(9-12(10)15)13(18)5-6-14-16-7-8-17(14)2/h3-4,7-9,13,18H,5-6H2,1-2H3. The fourth-order valence-electron chi connectivity index (χ4n) is 1.89. The largest absolute Gasteiger partial charge is 0.388 e. The molecule has 1 N–H and O–H groups in total. The average Bonchev–Trinajstić information content (AvgIpc) is 2.75. The Morgan fingerprint density at radius 3 is 2.83 bits per heavy atom. The van der Waals surface area contributed by atoms with Gasteiger partial charge in [0.1, 0.15) is 5.82 Å². The van der Waals surface area contributed by atoms with Crippen LogP contribution in [0.5, 0.6) is 0 Å². The molecule has 0 aliphatic carbocycles. The van der Waals surface area contributed by atoms with Gasteiger partial charge < -0.3 is 9.67 Å². The third kappa shape index (κ3) is 3.00. The van der Waals surface area contributed by atoms with Crippen molar-refractivity contribution in [3.05, 3.63) is 52.0 Å². The van der Waals surface area contributed by atoms with E-state index in [1.165, 1.54) is 5.56 Å². The van der Waals surface area contributed by atoms with Crippen LogP contribution < -0.4 is 0 Å². The van der Waals surface area contributed by atoms with Crippen LogP contribution in [0, 0.1) is 6.92 Å². The van der Waals surface area contributed by atoms with Crippen molar-refractivity contribution in [2.45, 2.75) is 25.9 Å². The zero-order valence-electron chi connectivity index (χ0n) is 10.6. The van der Waals surface area contributed by atoms with Gasteiger partial charge in [0.05, 0.1) is 6.10 Å². The molecular weight excluding hydrogens is 292 g/mol. The Bertz CT molecular complexity index is 536. The molecule has 18 heavy (non-hydrogen) atoms. The van der Waals surface area contributed by atoms with Crippen LogP contribution in [-0.2, 0) is 13.5 Å². The molecule has 1 unspecified atom stereocenters. The molecular formula is C14H17BrN2O. The van der Waals surface area contributed by atoms with Crippen molar-refractivity contribution < 1.29 is 5.11 Å². The minimum atomic E-state index is -0.446. The van der Waals surface area contributed by atoms with Crippen molar-refractivity contribution >= 4 is 15.9 Å². The van der Waals surface area contributed by atoms with Gasteiger partial charge in [-0.25, -0.2) is 4.98 Å². The molecule has 0 saturated heterocycles. The molecule has 1 aromatic heterocycles. The van der Waals surface area contributed by atoms with E-state index in [9.17, 15) is 5.11 Å². The zero-order chi connectivity index (χ0) is 13.1. The topological polar surface area (TPSA) is 38.1 Å². The van der Waals surface area contributed by atoms with Gasteiger partial charge in [0.2, 0.25) is 0 Å². The molecule has 0 aliphatic heterocycles. The summed E-state index contributed by atoms with van der Waals surface area (Å²) in [4.78, 5) is 4.26. The number of aromatic nitrogens is 2. The third-order valence-electron chi connectivity index (χ3n) is 3.14. The number of aliphatic hydroxyl groups is 1. The summed E-state index contributed by atoms with van der Waals surface area (Å²) in [7, 11) is 1.97. The maximum atomic E-state index is 10.2. The van der Waals surface area contributed by atoms with E-state index in [0.29, 0.717) is 6.42 Å². The predicted octanol–water partition coefficient (Wildman–Crippen LogP) is 3.16. The first-order valence-electron chi connectivity index (χ1n) is 5.98. The Balaban J connectivity index is 2.01. The Morgan fingerprint density at radius 2 is 2.22 bits per heavy atom. The minimum absolute atomic E-state index is 0.446. The van der Waals surface area contributed by atoms with Gasteiger partial charge in [0.25, 0.3) is 0 Å². The van der Waals surface area contributed by atoms with Crippen molar-refractivity contribution in [1.29, 1.82) is 0 Å². The van der Waals surface area contributed by atoms with Gasteiger partial charge in [-0.05, 0) is 30.5 Å². The molecule has 3 nitrogen and oxygen atoms in total. The Morgan fingerprint density at radius 1 is 1.44 bits per heavy atom. The zero-order valence-corrected chi connectivity index (χ0v) is 12.2. The van der Waals surface area contributed by atoms with E-state index < -0.39 is 6.10 Å². The molecule has 96 valence electrons. The second kappa shape index (κ2) is 5.67. The number of imidazole rings is 1. The van der Waals surface area contributed by atoms with E-state index in [4.69, 9.17) is 0 Å². The molecule has 0 aliphatic rings. The number of halogens is 1. The van der Waals surface area contributed by atoms with Gasteiger partial charge in [-0.3, -0.25) is 0 Å². The van der Waals surface area contributed by atoms with Crippen molar-refractivity contribution in [1.82, 2.24) is 9.55 Å². The van der Waals surface area contributed by atoms with E-state index >= 15 is 0 Å². The summed E-state index contributed by atoms with van der Waals surface area (Å²) in [6.45, 7) is 2.04. The number of aryl methyl sites for hydroxylation is 3. The van der Waals surface area contributed by atoms with E-state index in [2.05, 4.69) is 20.9 Å². The lowest BCUT2D eigenvalue weighted by molar-refractivity contribution is 0.166. The quantitative estimate of drug-likeness (QED) is 0.942. The molecule has 0 saturated carbocycles. The molecule has 0 spiro atoms. The first kappa shape index (κ1) is 13.3. The second-order valence-electron chi connectivity index (χ2n) is 4.52. The SMILES string of the molecule is Cc1ccc(C(O)CCc2nccn2C)cc1Br. The fraction of sp³-hybridized carbons (Fsp3) is 0.357. The monoisotopic (exact) mass is 308 g/mol. The maximum Gasteiger partial charge on any atom is 0.108 e. The Labute approximate surface area is 116 Å². The van der Waals surface area contributed by atoms with E-state index in [1.807, 2.05) is 42.9 Å². The summed E-state index contributed by atoms with van der Waals surface area (Å²) in [6.07, 6.45) is 4.71. The number of hydrogen-bond acceptors (Lipinski definition) is 2. The Hall–Kier alpha value is -1.13. The van der Waals surface area contributed by atoms with Gasteiger partial charge in [-0.1, -0.05) is 28.1 Å². The van der Waals surface area contributed by atoms with E-state index in [1.54, 1.807) is 6.20 Å². The highest BCUT2D eigenvalue weighted by Gasteiger charge is 2.10. The second-order valence-corrected chi connectivity index (χ2v) is 5.37. The van der Waals surface area contributed by atoms with Crippen molar-refractivity contribution in [2.24, 2.45) is 7.05 Å². The Kier molecular flexibility index (Phi) is 4.19. The van der Waals surface area contributed by atoms with Crippen LogP contribution in [0.15, 0.2) is 35.1 Å². The molecule has 0 bridgehead atoms. The van der Waals surface area contributed by atoms with Gasteiger partial charge in [-0.2, -0.15) is 0 Å². The molecule has 2 rings (SSSR count). The summed E-state index contributed by atoms with van der Waals surface area (Å²) in [6, 6.07) is 5.98. The van der Waals surface area contributed by atoms with Gasteiger partial charge in [0, 0.05) is 30.3 Å². The molecule has 0 amide bonds. The fourth-order valence-corrected chi connectivity index (χ4v) is 2.28. The summed E-state index contributed by atoms with van der Waals surface area (Å²) in [5, 5.41) is 10.2. The number of benzene rings is 1. The maximum absolute atomic E-state index is 10.2. The molecule has 0 fully saturated rings. The predicted molar refractivity (Wildman–Crippen MR) is 75.4 cm³/mol. The summed E-state index contributed by atoms with van der Waals surface area (Å²) in [5.74, 6) is 1.00. The van der Waals surface area contributed by atoms with Gasteiger partial charge in [-0.15, -0.1) is 0 Å². The molecule has 2 aromatic rings. The van der Waals surface area contributed by atoms with Crippen LogP contribution in [0.4, 0.5) is 0 Å². The highest BCUT2D eigenvalue weighted by Crippen LogP contribution is 2.24. The minimum Gasteiger partial charge on any atom is -0.388 e. The highest BCUT2D eigenvalue weighted by atomic mass is 79.9. The molecule has 0 radical (unpaired) electrons. The lowest BCUT2D eigenvalue weighted by atomic mass is 10.0. The summed E-state index contributed by atoms with van der Waals surface area (Å²) < 4.78 is 3.02. The van der Waals surface area contributed by atoms with E-state index in [-0.39, 0.29) is 0 Å². The smallest absolute Gasteiger partial charge is 0.108 e. The first-order valence-corrected chi connectivity index (χ1v) is 6.77. The number of rotatable bonds is 4. The van der Waals surface area contributed by atoms with Crippen LogP contribution in [-0.4, -0.2) is 14.7 Å². The van der Waals surface area contributed by atoms with Crippen molar-refractivity contribution in [3.63, 3.8) is 0 Å². The van der Waals surface area contributed by atoms with Gasteiger partial charge >= 0.3 is 0 Å². The van der Waals surface area contributed by atoms with Crippen LogP contribution in [0.2, 0.25) is 0 Å². The molecule has 1 heterocycles. The number of hydrogen-bond donors (Lipinski definition) is 1. The average molecular weight is 309 g/mol. The van der Waals surface area contributed by atoms with Crippen molar-refractivity contribution in [3.8, 4) is 0 Å². The van der Waals surface area contributed by atoms with Crippen molar-refractivity contribution in [2.75, 3.05) is 0 Å². The lowest BCUT2D eigenvalue weighted by Crippen LogP contribution is -2.03. The summed E-state index contributed by atoms with van der Waals surface area (Å²) in [5.41, 5.74) is 2.12. The van der Waals surface area contributed by atoms with Crippen LogP contribution in [0.25, 0.3) is 0 Å². The molecule has 4 heteroatoms. The normalized spacial score (nSPS) is 12.7. The number of nitrogens with zero attached hydrogens (tertiary/aromatic N) is 2. The molecule has 1 aromatic carbocycles. The first-order chi connectivity index (χ1) is 8.58. The highest BCUT2D eigenvalue weighted by molar-refractivity contribution is 9.10. The van der Waals surface area contributed by atoms with Gasteiger partial charge in [0.15, 0.2) is 0 Å². The van der Waals surface area contributed by atoms with E-state index in [0.717, 1.165) is 22.3 Å². The summed E-state index contributed by atoms with van der Waals surface area (Å²) >= 11 is 3.49. The third-order valence-corrected chi connectivity index (χ3v) is 4.00. The van der Waals surface area contributed by atoms with Crippen LogP contribution in [0.1, 0.15) is 29.5 Å². The lowest BCUT2D eigenvalue weighted by Gasteiger charge is -2.12. The van der Waals surface area contributed by atoms with Crippen LogP contribution in [0.3, 0.4) is 0 Å².